The van der Waals surface area contributed by atoms with Crippen molar-refractivity contribution >= 4 is 29.3 Å². The van der Waals surface area contributed by atoms with Gasteiger partial charge < -0.3 is 15.2 Å². The Morgan fingerprint density at radius 3 is 2.59 bits per heavy atom. The molecule has 166 valence electrons. The number of nitrogens with zero attached hydrogens (tertiary/aromatic N) is 3. The second-order valence-corrected chi connectivity index (χ2v) is 8.33. The van der Waals surface area contributed by atoms with E-state index in [-0.39, 0.29) is 23.6 Å². The van der Waals surface area contributed by atoms with Crippen molar-refractivity contribution in [2.45, 2.75) is 38.5 Å². The molecule has 0 aliphatic heterocycles. The van der Waals surface area contributed by atoms with Crippen LogP contribution < -0.4 is 10.6 Å². The van der Waals surface area contributed by atoms with Crippen LogP contribution in [-0.4, -0.2) is 32.3 Å². The lowest BCUT2D eigenvalue weighted by Crippen LogP contribution is -2.28. The number of thioether (sulfide) groups is 1. The average Bonchev–Trinajstić information content (AvgIpc) is 3.19. The fraction of sp³-hybridized carbons (Fsp3) is 0.250. The minimum absolute atomic E-state index is 0.121. The SMILES string of the molecule is C=CCn1c(SCC(=O)Nc2cccc(C)c2C)nnc1[C@@H](C)NC(=O)c1ccccc1. The largest absolute Gasteiger partial charge is 0.342 e. The number of allylic oxidation sites excluding steroid dienone is 1. The van der Waals surface area contributed by atoms with Gasteiger partial charge in [0.2, 0.25) is 5.91 Å². The number of carbonyl (C=O) groups is 2. The van der Waals surface area contributed by atoms with Gasteiger partial charge in [-0.05, 0) is 50.1 Å². The monoisotopic (exact) mass is 449 g/mol. The minimum Gasteiger partial charge on any atom is -0.342 e. The zero-order valence-electron chi connectivity index (χ0n) is 18.5. The van der Waals surface area contributed by atoms with Crippen LogP contribution in [0.25, 0.3) is 0 Å². The third-order valence-corrected chi connectivity index (χ3v) is 6.01. The highest BCUT2D eigenvalue weighted by atomic mass is 32.2. The molecule has 2 amide bonds. The predicted molar refractivity (Wildman–Crippen MR) is 128 cm³/mol. The van der Waals surface area contributed by atoms with Gasteiger partial charge in [0.05, 0.1) is 11.8 Å². The van der Waals surface area contributed by atoms with E-state index >= 15 is 0 Å². The van der Waals surface area contributed by atoms with Crippen LogP contribution in [0.2, 0.25) is 0 Å². The summed E-state index contributed by atoms with van der Waals surface area (Å²) in [5, 5.41) is 15.0. The quantitative estimate of drug-likeness (QED) is 0.376. The Morgan fingerprint density at radius 2 is 1.88 bits per heavy atom. The van der Waals surface area contributed by atoms with Gasteiger partial charge in [0.15, 0.2) is 11.0 Å². The number of aryl methyl sites for hydroxylation is 1. The first-order chi connectivity index (χ1) is 15.4. The Kier molecular flexibility index (Phi) is 7.83. The van der Waals surface area contributed by atoms with Crippen molar-refractivity contribution in [1.29, 1.82) is 0 Å². The molecule has 2 aromatic carbocycles. The molecule has 1 atom stereocenters. The fourth-order valence-corrected chi connectivity index (χ4v) is 3.92. The first kappa shape index (κ1) is 23.3. The summed E-state index contributed by atoms with van der Waals surface area (Å²) >= 11 is 1.29. The van der Waals surface area contributed by atoms with Crippen molar-refractivity contribution in [3.05, 3.63) is 83.7 Å². The summed E-state index contributed by atoms with van der Waals surface area (Å²) in [7, 11) is 0. The number of anilines is 1. The van der Waals surface area contributed by atoms with Crippen LogP contribution in [0.4, 0.5) is 5.69 Å². The molecule has 0 fully saturated rings. The highest BCUT2D eigenvalue weighted by Crippen LogP contribution is 2.22. The van der Waals surface area contributed by atoms with Crippen LogP contribution in [0.1, 0.15) is 40.3 Å². The second-order valence-electron chi connectivity index (χ2n) is 7.39. The van der Waals surface area contributed by atoms with Crippen molar-refractivity contribution in [2.75, 3.05) is 11.1 Å². The van der Waals surface area contributed by atoms with Crippen LogP contribution in [0.5, 0.6) is 0 Å². The normalized spacial score (nSPS) is 11.6. The van der Waals surface area contributed by atoms with Crippen molar-refractivity contribution in [3.8, 4) is 0 Å². The Morgan fingerprint density at radius 1 is 1.12 bits per heavy atom. The lowest BCUT2D eigenvalue weighted by atomic mass is 10.1. The van der Waals surface area contributed by atoms with E-state index in [1.54, 1.807) is 18.2 Å². The Bertz CT molecular complexity index is 1110. The maximum atomic E-state index is 12.5. The van der Waals surface area contributed by atoms with Crippen molar-refractivity contribution in [1.82, 2.24) is 20.1 Å². The predicted octanol–water partition coefficient (Wildman–Crippen LogP) is 4.30. The van der Waals surface area contributed by atoms with Crippen LogP contribution in [0.15, 0.2) is 66.3 Å². The van der Waals surface area contributed by atoms with Crippen LogP contribution in [-0.2, 0) is 11.3 Å². The van der Waals surface area contributed by atoms with Gasteiger partial charge in [-0.25, -0.2) is 0 Å². The molecule has 32 heavy (non-hydrogen) atoms. The van der Waals surface area contributed by atoms with E-state index in [1.165, 1.54) is 11.8 Å². The molecule has 0 radical (unpaired) electrons. The van der Waals surface area contributed by atoms with E-state index < -0.39 is 0 Å². The fourth-order valence-electron chi connectivity index (χ4n) is 3.16. The van der Waals surface area contributed by atoms with Gasteiger partial charge >= 0.3 is 0 Å². The lowest BCUT2D eigenvalue weighted by Gasteiger charge is -2.15. The van der Waals surface area contributed by atoms with Gasteiger partial charge in [-0.15, -0.1) is 16.8 Å². The van der Waals surface area contributed by atoms with Crippen molar-refractivity contribution in [3.63, 3.8) is 0 Å². The van der Waals surface area contributed by atoms with Crippen molar-refractivity contribution in [2.24, 2.45) is 0 Å². The van der Waals surface area contributed by atoms with E-state index in [0.29, 0.717) is 23.1 Å². The topological polar surface area (TPSA) is 88.9 Å². The number of hydrogen-bond donors (Lipinski definition) is 2. The summed E-state index contributed by atoms with van der Waals surface area (Å²) in [5.74, 6) is 0.483. The molecular weight excluding hydrogens is 422 g/mol. The summed E-state index contributed by atoms with van der Waals surface area (Å²) in [6, 6.07) is 14.5. The molecule has 0 aliphatic carbocycles. The summed E-state index contributed by atoms with van der Waals surface area (Å²) in [5.41, 5.74) is 3.55. The molecule has 0 saturated heterocycles. The molecule has 2 N–H and O–H groups in total. The molecule has 0 unspecified atom stereocenters. The average molecular weight is 450 g/mol. The summed E-state index contributed by atoms with van der Waals surface area (Å²) in [6.07, 6.45) is 1.73. The number of rotatable bonds is 9. The van der Waals surface area contributed by atoms with E-state index in [0.717, 1.165) is 16.8 Å². The van der Waals surface area contributed by atoms with Crippen LogP contribution >= 0.6 is 11.8 Å². The molecule has 7 nitrogen and oxygen atoms in total. The zero-order valence-corrected chi connectivity index (χ0v) is 19.3. The molecule has 0 aliphatic rings. The maximum Gasteiger partial charge on any atom is 0.251 e. The number of benzene rings is 2. The first-order valence-corrected chi connectivity index (χ1v) is 11.3. The van der Waals surface area contributed by atoms with Gasteiger partial charge in [-0.2, -0.15) is 0 Å². The minimum atomic E-state index is -0.367. The first-order valence-electron chi connectivity index (χ1n) is 10.3. The van der Waals surface area contributed by atoms with Gasteiger partial charge in [-0.3, -0.25) is 9.59 Å². The Labute approximate surface area is 192 Å². The van der Waals surface area contributed by atoms with Gasteiger partial charge in [-0.1, -0.05) is 48.2 Å². The molecule has 1 heterocycles. The number of aromatic nitrogens is 3. The second kappa shape index (κ2) is 10.8. The molecule has 1 aromatic heterocycles. The molecule has 0 bridgehead atoms. The van der Waals surface area contributed by atoms with Gasteiger partial charge in [0.1, 0.15) is 0 Å². The summed E-state index contributed by atoms with van der Waals surface area (Å²) in [4.78, 5) is 25.0. The molecule has 0 saturated carbocycles. The lowest BCUT2D eigenvalue weighted by molar-refractivity contribution is -0.113. The molecule has 3 rings (SSSR count). The molecule has 3 aromatic rings. The highest BCUT2D eigenvalue weighted by molar-refractivity contribution is 7.99. The van der Waals surface area contributed by atoms with Gasteiger partial charge in [0, 0.05) is 17.8 Å². The van der Waals surface area contributed by atoms with Crippen LogP contribution in [0.3, 0.4) is 0 Å². The van der Waals surface area contributed by atoms with Gasteiger partial charge in [0.25, 0.3) is 5.91 Å². The molecular formula is C24H27N5O2S. The van der Waals surface area contributed by atoms with E-state index in [4.69, 9.17) is 0 Å². The van der Waals surface area contributed by atoms with Crippen LogP contribution in [0, 0.1) is 13.8 Å². The van der Waals surface area contributed by atoms with Crippen molar-refractivity contribution < 1.29 is 9.59 Å². The van der Waals surface area contributed by atoms with E-state index in [9.17, 15) is 9.59 Å². The third kappa shape index (κ3) is 5.64. The Hall–Kier alpha value is -3.39. The third-order valence-electron chi connectivity index (χ3n) is 5.04. The summed E-state index contributed by atoms with van der Waals surface area (Å²) in [6.45, 7) is 10.1. The van der Waals surface area contributed by atoms with E-state index in [1.807, 2.05) is 61.7 Å². The molecule has 8 heteroatoms. The maximum absolute atomic E-state index is 12.5. The summed E-state index contributed by atoms with van der Waals surface area (Å²) < 4.78 is 1.86. The highest BCUT2D eigenvalue weighted by Gasteiger charge is 2.20. The molecule has 0 spiro atoms. The standard InChI is InChI=1S/C24H27N5O2S/c1-5-14-29-22(18(4)25-23(31)19-11-7-6-8-12-19)27-28-24(29)32-15-21(30)26-20-13-9-10-16(2)17(20)3/h5-13,18H,1,14-15H2,2-4H3,(H,25,31)(H,26,30)/t18-/m1/s1. The number of amides is 2. The van der Waals surface area contributed by atoms with E-state index in [2.05, 4.69) is 27.4 Å². The number of carbonyl (C=O) groups excluding carboxylic acids is 2. The number of nitrogens with one attached hydrogen (secondary N) is 2. The zero-order chi connectivity index (χ0) is 23.1. The Balaban J connectivity index is 1.67. The number of hydrogen-bond acceptors (Lipinski definition) is 5. The smallest absolute Gasteiger partial charge is 0.251 e.